The van der Waals surface area contributed by atoms with Crippen molar-refractivity contribution >= 4 is 75.4 Å². The van der Waals surface area contributed by atoms with Crippen LogP contribution in [-0.4, -0.2) is 15.0 Å². The van der Waals surface area contributed by atoms with Crippen LogP contribution in [-0.2, 0) is 0 Å². The van der Waals surface area contributed by atoms with Crippen LogP contribution in [0.4, 0.5) is 0 Å². The Morgan fingerprint density at radius 3 is 1.38 bits per heavy atom. The molecule has 0 spiro atoms. The molecule has 0 bridgehead atoms. The van der Waals surface area contributed by atoms with Gasteiger partial charge in [-0.15, -0.1) is 0 Å². The maximum absolute atomic E-state index is 5.28. The molecule has 1 heterocycles. The average molecular weight is 710 g/mol. The Hall–Kier alpha value is -7.49. The second kappa shape index (κ2) is 12.0. The third-order valence-corrected chi connectivity index (χ3v) is 11.6. The van der Waals surface area contributed by atoms with E-state index in [1.807, 2.05) is 18.2 Å². The lowest BCUT2D eigenvalue weighted by atomic mass is 9.86. The fourth-order valence-corrected chi connectivity index (χ4v) is 9.12. The highest BCUT2D eigenvalue weighted by molar-refractivity contribution is 6.37. The lowest BCUT2D eigenvalue weighted by Crippen LogP contribution is -2.01. The summed E-state index contributed by atoms with van der Waals surface area (Å²) in [5, 5.41) is 17.4. The van der Waals surface area contributed by atoms with Crippen molar-refractivity contribution in [2.24, 2.45) is 0 Å². The lowest BCUT2D eigenvalue weighted by Gasteiger charge is -2.18. The molecule has 11 aromatic carbocycles. The third-order valence-electron chi connectivity index (χ3n) is 11.6. The summed E-state index contributed by atoms with van der Waals surface area (Å²) in [5.41, 5.74) is 5.07. The molecule has 3 nitrogen and oxygen atoms in total. The van der Waals surface area contributed by atoms with Crippen molar-refractivity contribution in [2.75, 3.05) is 0 Å². The normalized spacial score (nSPS) is 11.9. The van der Waals surface area contributed by atoms with Gasteiger partial charge in [-0.05, 0) is 98.7 Å². The van der Waals surface area contributed by atoms with Crippen molar-refractivity contribution in [1.29, 1.82) is 0 Å². The van der Waals surface area contributed by atoms with Gasteiger partial charge in [-0.3, -0.25) is 0 Å². The van der Waals surface area contributed by atoms with Gasteiger partial charge in [0, 0.05) is 16.7 Å². The molecule has 0 radical (unpaired) electrons. The molecule has 1 aromatic heterocycles. The maximum Gasteiger partial charge on any atom is 0.164 e. The summed E-state index contributed by atoms with van der Waals surface area (Å²) in [6, 6.07) is 67.7. The Morgan fingerprint density at radius 2 is 0.679 bits per heavy atom. The Balaban J connectivity index is 1.18. The molecule has 0 saturated heterocycles. The van der Waals surface area contributed by atoms with E-state index in [1.54, 1.807) is 0 Å². The highest BCUT2D eigenvalue weighted by Crippen LogP contribution is 2.45. The number of benzene rings is 10. The van der Waals surface area contributed by atoms with Crippen LogP contribution in [0.2, 0.25) is 0 Å². The van der Waals surface area contributed by atoms with Crippen LogP contribution < -0.4 is 0 Å². The second-order valence-electron chi connectivity index (χ2n) is 14.7. The first-order chi connectivity index (χ1) is 27.8. The molecule has 3 heteroatoms. The molecule has 0 aliphatic carbocycles. The molecular formula is C53H31N3. The largest absolute Gasteiger partial charge is 0.208 e. The third kappa shape index (κ3) is 4.61. The van der Waals surface area contributed by atoms with Gasteiger partial charge in [0.05, 0.1) is 0 Å². The molecule has 0 saturated carbocycles. The summed E-state index contributed by atoms with van der Waals surface area (Å²) >= 11 is 0. The van der Waals surface area contributed by atoms with E-state index in [2.05, 4.69) is 170 Å². The average Bonchev–Trinajstić information content (AvgIpc) is 3.27. The van der Waals surface area contributed by atoms with E-state index < -0.39 is 0 Å². The van der Waals surface area contributed by atoms with Crippen molar-refractivity contribution in [2.45, 2.75) is 0 Å². The summed E-state index contributed by atoms with van der Waals surface area (Å²) in [4.78, 5) is 15.6. The molecule has 12 rings (SSSR count). The molecule has 0 unspecified atom stereocenters. The van der Waals surface area contributed by atoms with E-state index in [4.69, 9.17) is 15.0 Å². The van der Waals surface area contributed by atoms with Crippen LogP contribution in [0.15, 0.2) is 188 Å². The van der Waals surface area contributed by atoms with Gasteiger partial charge in [0.25, 0.3) is 0 Å². The lowest BCUT2D eigenvalue weighted by molar-refractivity contribution is 1.08. The fraction of sp³-hybridized carbons (Fsp3) is 0. The quantitative estimate of drug-likeness (QED) is 0.171. The Bertz CT molecular complexity index is 3520. The van der Waals surface area contributed by atoms with Gasteiger partial charge >= 0.3 is 0 Å². The minimum absolute atomic E-state index is 0.641. The van der Waals surface area contributed by atoms with E-state index >= 15 is 0 Å². The number of rotatable bonds is 4. The molecular weight excluding hydrogens is 679 g/mol. The molecule has 258 valence electrons. The van der Waals surface area contributed by atoms with Gasteiger partial charge in [-0.25, -0.2) is 15.0 Å². The molecule has 0 amide bonds. The Morgan fingerprint density at radius 1 is 0.232 bits per heavy atom. The highest BCUT2D eigenvalue weighted by Gasteiger charge is 2.20. The maximum atomic E-state index is 5.28. The zero-order valence-electron chi connectivity index (χ0n) is 30.2. The zero-order valence-corrected chi connectivity index (χ0v) is 30.2. The number of nitrogens with zero attached hydrogens (tertiary/aromatic N) is 3. The van der Waals surface area contributed by atoms with Gasteiger partial charge < -0.3 is 0 Å². The van der Waals surface area contributed by atoms with Crippen LogP contribution in [0, 0.1) is 0 Å². The molecule has 0 atom stereocenters. The van der Waals surface area contributed by atoms with Crippen molar-refractivity contribution in [3.63, 3.8) is 0 Å². The monoisotopic (exact) mass is 709 g/mol. The Labute approximate surface area is 322 Å². The molecule has 0 aliphatic rings. The summed E-state index contributed by atoms with van der Waals surface area (Å²) in [7, 11) is 0. The number of aromatic nitrogens is 3. The molecule has 0 fully saturated rings. The number of hydrogen-bond donors (Lipinski definition) is 0. The van der Waals surface area contributed by atoms with Crippen molar-refractivity contribution in [1.82, 2.24) is 15.0 Å². The summed E-state index contributed by atoms with van der Waals surface area (Å²) in [6.07, 6.45) is 0. The first kappa shape index (κ1) is 30.9. The van der Waals surface area contributed by atoms with Gasteiger partial charge in [-0.2, -0.15) is 0 Å². The SMILES string of the molecule is c1ccc(-c2nc(-c3ccccc3-c3cc4ccc5cccc6c7cccc8ccc9cccc(c(c3)c4c56)c9c87)nc(-c3cccc4ccccc34)n2)cc1. The van der Waals surface area contributed by atoms with Crippen molar-refractivity contribution in [3.05, 3.63) is 188 Å². The summed E-state index contributed by atoms with van der Waals surface area (Å²) < 4.78 is 0. The van der Waals surface area contributed by atoms with E-state index in [-0.39, 0.29) is 0 Å². The van der Waals surface area contributed by atoms with Crippen LogP contribution in [0.1, 0.15) is 0 Å². The van der Waals surface area contributed by atoms with Crippen LogP contribution in [0.5, 0.6) is 0 Å². The Kier molecular flexibility index (Phi) is 6.63. The molecule has 56 heavy (non-hydrogen) atoms. The van der Waals surface area contributed by atoms with Gasteiger partial charge in [0.1, 0.15) is 0 Å². The standard InChI is InChI=1S/C53H31N3/c1-2-13-36(14-3-1)51-54-52(56-53(55-51)45-25-8-15-32-12-4-5-19-39(32)45)44-21-7-6-20-40(44)38-30-37-29-28-35-17-10-23-42-41-22-9-16-33-26-27-34-18-11-24-43(49(34)47(33)41)46(31-38)50(37)48(35)42/h1-31H. The minimum Gasteiger partial charge on any atom is -0.208 e. The second-order valence-corrected chi connectivity index (χ2v) is 14.7. The van der Waals surface area contributed by atoms with Gasteiger partial charge in [-0.1, -0.05) is 176 Å². The zero-order chi connectivity index (χ0) is 36.7. The number of hydrogen-bond acceptors (Lipinski definition) is 3. The van der Waals surface area contributed by atoms with Crippen LogP contribution in [0.25, 0.3) is 121 Å². The predicted molar refractivity (Wildman–Crippen MR) is 235 cm³/mol. The predicted octanol–water partition coefficient (Wildman–Crippen LogP) is 14.0. The van der Waals surface area contributed by atoms with Crippen molar-refractivity contribution < 1.29 is 0 Å². The van der Waals surface area contributed by atoms with Crippen molar-refractivity contribution in [3.8, 4) is 45.3 Å². The summed E-state index contributed by atoms with van der Waals surface area (Å²) in [6.45, 7) is 0. The van der Waals surface area contributed by atoms with E-state index in [1.165, 1.54) is 64.6 Å². The topological polar surface area (TPSA) is 38.7 Å². The fourth-order valence-electron chi connectivity index (χ4n) is 9.12. The van der Waals surface area contributed by atoms with E-state index in [0.717, 1.165) is 38.6 Å². The minimum atomic E-state index is 0.641. The summed E-state index contributed by atoms with van der Waals surface area (Å²) in [5.74, 6) is 1.94. The first-order valence-corrected chi connectivity index (χ1v) is 19.1. The van der Waals surface area contributed by atoms with Crippen LogP contribution in [0.3, 0.4) is 0 Å². The molecule has 12 aromatic rings. The molecule has 0 aliphatic heterocycles. The number of fused-ring (bicyclic) bond motifs is 3. The van der Waals surface area contributed by atoms with E-state index in [0.29, 0.717) is 17.5 Å². The van der Waals surface area contributed by atoms with Gasteiger partial charge in [0.15, 0.2) is 17.5 Å². The van der Waals surface area contributed by atoms with E-state index in [9.17, 15) is 0 Å². The first-order valence-electron chi connectivity index (χ1n) is 19.1. The smallest absolute Gasteiger partial charge is 0.164 e. The molecule has 0 N–H and O–H groups in total. The van der Waals surface area contributed by atoms with Gasteiger partial charge in [0.2, 0.25) is 0 Å². The van der Waals surface area contributed by atoms with Crippen LogP contribution >= 0.6 is 0 Å². The highest BCUT2D eigenvalue weighted by atomic mass is 15.0.